The Balaban J connectivity index is 2.01. The fraction of sp³-hybridized carbons (Fsp3) is 0.467. The first-order valence-electron chi connectivity index (χ1n) is 6.89. The van der Waals surface area contributed by atoms with Gasteiger partial charge in [-0.3, -0.25) is 0 Å². The van der Waals surface area contributed by atoms with E-state index in [-0.39, 0.29) is 0 Å². The molecule has 2 rings (SSSR count). The second-order valence-electron chi connectivity index (χ2n) is 4.82. The van der Waals surface area contributed by atoms with Crippen molar-refractivity contribution in [3.63, 3.8) is 0 Å². The minimum Gasteiger partial charge on any atom is -0.494 e. The van der Waals surface area contributed by atoms with Crippen LogP contribution in [-0.4, -0.2) is 26.5 Å². The van der Waals surface area contributed by atoms with Crippen LogP contribution >= 0.6 is 0 Å². The van der Waals surface area contributed by atoms with Crippen molar-refractivity contribution in [3.05, 3.63) is 41.5 Å². The van der Waals surface area contributed by atoms with E-state index in [1.54, 1.807) is 4.68 Å². The molecule has 5 nitrogen and oxygen atoms in total. The molecule has 0 aliphatic carbocycles. The molecule has 0 bridgehead atoms. The van der Waals surface area contributed by atoms with Crippen molar-refractivity contribution in [3.8, 4) is 5.75 Å². The number of rotatable bonds is 6. The zero-order chi connectivity index (χ0) is 14.5. The summed E-state index contributed by atoms with van der Waals surface area (Å²) >= 11 is 0. The van der Waals surface area contributed by atoms with Crippen LogP contribution in [0.3, 0.4) is 0 Å². The highest BCUT2D eigenvalue weighted by molar-refractivity contribution is 5.28. The average Bonchev–Trinajstić information content (AvgIpc) is 2.75. The fourth-order valence-corrected chi connectivity index (χ4v) is 2.01. The molecular weight excluding hydrogens is 254 g/mol. The number of benzene rings is 1. The minimum atomic E-state index is -0.602. The van der Waals surface area contributed by atoms with Gasteiger partial charge in [-0.25, -0.2) is 9.67 Å². The van der Waals surface area contributed by atoms with Gasteiger partial charge in [0.2, 0.25) is 0 Å². The molecule has 5 heteroatoms. The Hall–Kier alpha value is -1.88. The number of aliphatic hydroxyl groups is 1. The molecule has 1 unspecified atom stereocenters. The van der Waals surface area contributed by atoms with Crippen LogP contribution in [0.15, 0.2) is 24.3 Å². The van der Waals surface area contributed by atoms with Crippen LogP contribution in [-0.2, 0) is 6.54 Å². The van der Waals surface area contributed by atoms with Gasteiger partial charge in [0.1, 0.15) is 17.4 Å². The Bertz CT molecular complexity index is 549. The maximum Gasteiger partial charge on any atom is 0.147 e. The van der Waals surface area contributed by atoms with Crippen molar-refractivity contribution in [2.24, 2.45) is 0 Å². The lowest BCUT2D eigenvalue weighted by atomic mass is 10.1. The average molecular weight is 275 g/mol. The molecule has 1 N–H and O–H groups in total. The molecule has 0 spiro atoms. The van der Waals surface area contributed by atoms with E-state index in [1.165, 1.54) is 0 Å². The number of nitrogens with zero attached hydrogens (tertiary/aromatic N) is 3. The number of aromatic nitrogens is 3. The first-order valence-corrected chi connectivity index (χ1v) is 6.89. The van der Waals surface area contributed by atoms with Gasteiger partial charge in [-0.1, -0.05) is 19.1 Å². The van der Waals surface area contributed by atoms with E-state index in [0.29, 0.717) is 13.2 Å². The van der Waals surface area contributed by atoms with Crippen LogP contribution in [0.4, 0.5) is 0 Å². The lowest BCUT2D eigenvalue weighted by molar-refractivity contribution is 0.150. The third-order valence-electron chi connectivity index (χ3n) is 3.05. The number of ether oxygens (including phenoxy) is 1. The van der Waals surface area contributed by atoms with Crippen molar-refractivity contribution in [1.29, 1.82) is 0 Å². The van der Waals surface area contributed by atoms with Gasteiger partial charge in [-0.05, 0) is 38.0 Å². The lowest BCUT2D eigenvalue weighted by Gasteiger charge is -2.12. The molecule has 2 aromatic rings. The number of aryl methyl sites for hydroxylation is 2. The predicted molar refractivity (Wildman–Crippen MR) is 76.7 cm³/mol. The maximum atomic E-state index is 10.2. The summed E-state index contributed by atoms with van der Waals surface area (Å²) < 4.78 is 7.25. The van der Waals surface area contributed by atoms with Crippen molar-refractivity contribution in [2.75, 3.05) is 6.61 Å². The molecule has 1 atom stereocenters. The van der Waals surface area contributed by atoms with Crippen LogP contribution < -0.4 is 4.74 Å². The molecule has 0 fully saturated rings. The van der Waals surface area contributed by atoms with E-state index >= 15 is 0 Å². The van der Waals surface area contributed by atoms with Crippen LogP contribution in [0, 0.1) is 13.8 Å². The quantitative estimate of drug-likeness (QED) is 0.879. The third kappa shape index (κ3) is 3.57. The maximum absolute atomic E-state index is 10.2. The van der Waals surface area contributed by atoms with Crippen LogP contribution in [0.2, 0.25) is 0 Å². The van der Waals surface area contributed by atoms with Crippen LogP contribution in [0.5, 0.6) is 5.75 Å². The molecule has 0 saturated heterocycles. The normalized spacial score (nSPS) is 12.4. The molecule has 0 amide bonds. The summed E-state index contributed by atoms with van der Waals surface area (Å²) in [7, 11) is 0. The molecule has 0 aliphatic heterocycles. The number of aliphatic hydroxyl groups excluding tert-OH is 1. The Labute approximate surface area is 119 Å². The van der Waals surface area contributed by atoms with Gasteiger partial charge in [0.15, 0.2) is 0 Å². The summed E-state index contributed by atoms with van der Waals surface area (Å²) in [5.74, 6) is 2.36. The molecule has 1 aromatic carbocycles. The van der Waals surface area contributed by atoms with Gasteiger partial charge in [-0.2, -0.15) is 5.10 Å². The molecule has 0 aliphatic rings. The molecular formula is C15H21N3O2. The largest absolute Gasteiger partial charge is 0.494 e. The highest BCUT2D eigenvalue weighted by Crippen LogP contribution is 2.19. The van der Waals surface area contributed by atoms with Crippen molar-refractivity contribution < 1.29 is 9.84 Å². The van der Waals surface area contributed by atoms with E-state index in [4.69, 9.17) is 4.74 Å². The lowest BCUT2D eigenvalue weighted by Crippen LogP contribution is -2.11. The van der Waals surface area contributed by atoms with Gasteiger partial charge in [0.05, 0.1) is 19.3 Å². The molecule has 1 aromatic heterocycles. The number of hydrogen-bond acceptors (Lipinski definition) is 4. The standard InChI is InChI=1S/C15H21N3O2/c1-4-9-20-14-7-5-13(6-8-14)15(19)10-18-12(3)16-11(2)17-18/h5-8,15,19H,4,9-10H2,1-3H3. The summed E-state index contributed by atoms with van der Waals surface area (Å²) in [6.07, 6.45) is 0.380. The SMILES string of the molecule is CCCOc1ccc(C(O)Cn2nc(C)nc2C)cc1. The summed E-state index contributed by atoms with van der Waals surface area (Å²) in [6.45, 7) is 6.91. The van der Waals surface area contributed by atoms with Crippen LogP contribution in [0.1, 0.15) is 36.7 Å². The fourth-order valence-electron chi connectivity index (χ4n) is 2.01. The van der Waals surface area contributed by atoms with Crippen molar-refractivity contribution >= 4 is 0 Å². The Morgan fingerprint density at radius 2 is 1.95 bits per heavy atom. The molecule has 20 heavy (non-hydrogen) atoms. The Morgan fingerprint density at radius 1 is 1.25 bits per heavy atom. The van der Waals surface area contributed by atoms with Gasteiger partial charge in [0, 0.05) is 0 Å². The van der Waals surface area contributed by atoms with Crippen molar-refractivity contribution in [2.45, 2.75) is 39.8 Å². The predicted octanol–water partition coefficient (Wildman–Crippen LogP) is 2.42. The second-order valence-corrected chi connectivity index (χ2v) is 4.82. The molecule has 108 valence electrons. The first kappa shape index (κ1) is 14.5. The van der Waals surface area contributed by atoms with Gasteiger partial charge in [-0.15, -0.1) is 0 Å². The van der Waals surface area contributed by atoms with E-state index < -0.39 is 6.10 Å². The van der Waals surface area contributed by atoms with Gasteiger partial charge in [0.25, 0.3) is 0 Å². The number of hydrogen-bond donors (Lipinski definition) is 1. The second kappa shape index (κ2) is 6.52. The summed E-state index contributed by atoms with van der Waals surface area (Å²) in [5, 5.41) is 14.5. The van der Waals surface area contributed by atoms with E-state index in [2.05, 4.69) is 17.0 Å². The monoisotopic (exact) mass is 275 g/mol. The summed E-state index contributed by atoms with van der Waals surface area (Å²) in [5.41, 5.74) is 0.849. The topological polar surface area (TPSA) is 60.2 Å². The summed E-state index contributed by atoms with van der Waals surface area (Å²) in [6, 6.07) is 7.53. The molecule has 1 heterocycles. The minimum absolute atomic E-state index is 0.405. The van der Waals surface area contributed by atoms with E-state index in [0.717, 1.165) is 29.4 Å². The Morgan fingerprint density at radius 3 is 2.50 bits per heavy atom. The van der Waals surface area contributed by atoms with Gasteiger partial charge < -0.3 is 9.84 Å². The van der Waals surface area contributed by atoms with Crippen LogP contribution in [0.25, 0.3) is 0 Å². The smallest absolute Gasteiger partial charge is 0.147 e. The summed E-state index contributed by atoms with van der Waals surface area (Å²) in [4.78, 5) is 4.23. The Kier molecular flexibility index (Phi) is 4.74. The van der Waals surface area contributed by atoms with E-state index in [9.17, 15) is 5.11 Å². The zero-order valence-electron chi connectivity index (χ0n) is 12.2. The van der Waals surface area contributed by atoms with Gasteiger partial charge >= 0.3 is 0 Å². The third-order valence-corrected chi connectivity index (χ3v) is 3.05. The van der Waals surface area contributed by atoms with Crippen molar-refractivity contribution in [1.82, 2.24) is 14.8 Å². The highest BCUT2D eigenvalue weighted by atomic mass is 16.5. The first-order chi connectivity index (χ1) is 9.60. The zero-order valence-corrected chi connectivity index (χ0v) is 12.2. The molecule has 0 radical (unpaired) electrons. The molecule has 0 saturated carbocycles. The van der Waals surface area contributed by atoms with E-state index in [1.807, 2.05) is 38.1 Å². The highest BCUT2D eigenvalue weighted by Gasteiger charge is 2.11.